The largest absolute Gasteiger partial charge is 0.408 e. The lowest BCUT2D eigenvalue weighted by Crippen LogP contribution is -2.41. The first-order valence-corrected chi connectivity index (χ1v) is 12.9. The average Bonchev–Trinajstić information content (AvgIpc) is 3.03. The fourth-order valence-electron chi connectivity index (χ4n) is 2.39. The summed E-state index contributed by atoms with van der Waals surface area (Å²) in [5, 5.41) is 14.7. The van der Waals surface area contributed by atoms with Crippen molar-refractivity contribution in [3.8, 4) is 0 Å². The second-order valence-electron chi connectivity index (χ2n) is 8.24. The second kappa shape index (κ2) is 8.76. The number of benzene rings is 1. The number of hydrogen-bond donors (Lipinski definition) is 2. The number of thiazole rings is 1. The molecular weight excluding hydrogens is 360 g/mol. The lowest BCUT2D eigenvalue weighted by molar-refractivity contribution is 0.174. The predicted molar refractivity (Wildman–Crippen MR) is 112 cm³/mol. The Bertz CT molecular complexity index is 683. The first-order valence-electron chi connectivity index (χ1n) is 9.16. The number of aliphatic hydroxyl groups excluding tert-OH is 1. The van der Waals surface area contributed by atoms with Crippen LogP contribution >= 0.6 is 11.3 Å². The minimum absolute atomic E-state index is 0.0181. The van der Waals surface area contributed by atoms with E-state index in [2.05, 4.69) is 51.1 Å². The normalized spacial score (nSPS) is 15.0. The van der Waals surface area contributed by atoms with Crippen LogP contribution in [0.15, 0.2) is 36.5 Å². The molecule has 1 aromatic carbocycles. The third-order valence-electron chi connectivity index (χ3n) is 5.02. The van der Waals surface area contributed by atoms with Crippen molar-refractivity contribution in [3.05, 3.63) is 52.0 Å². The molecule has 2 atom stereocenters. The van der Waals surface area contributed by atoms with Gasteiger partial charge in [-0.3, -0.25) is 0 Å². The summed E-state index contributed by atoms with van der Waals surface area (Å²) >= 11 is 1.68. The van der Waals surface area contributed by atoms with Crippen molar-refractivity contribution in [1.82, 2.24) is 10.3 Å². The molecule has 26 heavy (non-hydrogen) atoms. The minimum Gasteiger partial charge on any atom is -0.408 e. The van der Waals surface area contributed by atoms with Crippen molar-refractivity contribution in [2.24, 2.45) is 0 Å². The highest BCUT2D eigenvalue weighted by molar-refractivity contribution is 7.11. The molecule has 4 nitrogen and oxygen atoms in total. The van der Waals surface area contributed by atoms with E-state index >= 15 is 0 Å². The van der Waals surface area contributed by atoms with Gasteiger partial charge < -0.3 is 14.8 Å². The van der Waals surface area contributed by atoms with Crippen LogP contribution in [0.5, 0.6) is 0 Å². The molecule has 2 rings (SSSR count). The summed E-state index contributed by atoms with van der Waals surface area (Å²) < 4.78 is 6.43. The van der Waals surface area contributed by atoms with Gasteiger partial charge in [0.25, 0.3) is 0 Å². The van der Waals surface area contributed by atoms with E-state index in [4.69, 9.17) is 4.43 Å². The molecule has 0 unspecified atom stereocenters. The lowest BCUT2D eigenvalue weighted by atomic mass is 10.1. The summed E-state index contributed by atoms with van der Waals surface area (Å²) in [6.45, 7) is 14.6. The van der Waals surface area contributed by atoms with Gasteiger partial charge in [-0.1, -0.05) is 51.1 Å². The van der Waals surface area contributed by atoms with E-state index in [-0.39, 0.29) is 11.1 Å². The van der Waals surface area contributed by atoms with Crippen LogP contribution in [0.1, 0.15) is 55.4 Å². The van der Waals surface area contributed by atoms with Crippen molar-refractivity contribution in [1.29, 1.82) is 0 Å². The number of aliphatic hydroxyl groups is 1. The van der Waals surface area contributed by atoms with Crippen LogP contribution in [0, 0.1) is 0 Å². The molecular formula is C20H32N2O2SSi. The maximum absolute atomic E-state index is 10.2. The molecule has 2 N–H and O–H groups in total. The maximum atomic E-state index is 10.2. The summed E-state index contributed by atoms with van der Waals surface area (Å²) in [4.78, 5) is 5.71. The zero-order valence-electron chi connectivity index (χ0n) is 16.7. The number of nitrogens with one attached hydrogen (secondary N) is 1. The van der Waals surface area contributed by atoms with E-state index < -0.39 is 14.4 Å². The Morgan fingerprint density at radius 3 is 2.50 bits per heavy atom. The summed E-state index contributed by atoms with van der Waals surface area (Å²) in [5.74, 6) is 0. The van der Waals surface area contributed by atoms with Gasteiger partial charge in [-0.25, -0.2) is 4.98 Å². The maximum Gasteiger partial charge on any atom is 0.193 e. The number of rotatable bonds is 8. The van der Waals surface area contributed by atoms with Crippen molar-refractivity contribution in [3.63, 3.8) is 0 Å². The van der Waals surface area contributed by atoms with Crippen LogP contribution in [0.2, 0.25) is 18.1 Å². The van der Waals surface area contributed by atoms with Crippen LogP contribution in [0.4, 0.5) is 0 Å². The van der Waals surface area contributed by atoms with E-state index in [1.54, 1.807) is 11.3 Å². The smallest absolute Gasteiger partial charge is 0.193 e. The predicted octanol–water partition coefficient (Wildman–Crippen LogP) is 5.05. The van der Waals surface area contributed by atoms with E-state index in [9.17, 15) is 5.11 Å². The van der Waals surface area contributed by atoms with Gasteiger partial charge in [-0.2, -0.15) is 0 Å². The van der Waals surface area contributed by atoms with E-state index in [0.29, 0.717) is 13.1 Å². The van der Waals surface area contributed by atoms with E-state index in [1.165, 1.54) is 0 Å². The molecule has 0 aliphatic heterocycles. The van der Waals surface area contributed by atoms with Crippen molar-refractivity contribution < 1.29 is 9.53 Å². The van der Waals surface area contributed by atoms with Crippen LogP contribution < -0.4 is 5.32 Å². The van der Waals surface area contributed by atoms with Crippen molar-refractivity contribution in [2.75, 3.05) is 6.54 Å². The van der Waals surface area contributed by atoms with Gasteiger partial charge in [-0.05, 0) is 30.6 Å². The molecule has 144 valence electrons. The molecule has 0 spiro atoms. The Balaban J connectivity index is 1.85. The topological polar surface area (TPSA) is 54.4 Å². The van der Waals surface area contributed by atoms with Gasteiger partial charge in [0.05, 0.1) is 12.2 Å². The van der Waals surface area contributed by atoms with Crippen LogP contribution in [-0.2, 0) is 11.0 Å². The summed E-state index contributed by atoms with van der Waals surface area (Å²) in [6.07, 6.45) is 1.43. The fraction of sp³-hybridized carbons (Fsp3) is 0.550. The Morgan fingerprint density at radius 1 is 1.23 bits per heavy atom. The van der Waals surface area contributed by atoms with Gasteiger partial charge >= 0.3 is 0 Å². The molecule has 0 aliphatic rings. The third kappa shape index (κ3) is 5.72. The number of hydrogen-bond acceptors (Lipinski definition) is 5. The molecule has 2 aromatic rings. The standard InChI is InChI=1S/C20H32N2O2SSi/c1-15(24-26(5,6)20(2,3)4)19-22-13-17(25-19)12-21-14-18(23)16-10-8-7-9-11-16/h7-11,13,15,18,21,23H,12,14H2,1-6H3/t15-,18+/m1/s1. The zero-order chi connectivity index (χ0) is 19.4. The van der Waals surface area contributed by atoms with Crippen molar-refractivity contribution in [2.45, 2.75) is 64.6 Å². The summed E-state index contributed by atoms with van der Waals surface area (Å²) in [5.41, 5.74) is 0.932. The summed E-state index contributed by atoms with van der Waals surface area (Å²) in [7, 11) is -1.80. The van der Waals surface area contributed by atoms with Crippen LogP contribution in [-0.4, -0.2) is 25.0 Å². The van der Waals surface area contributed by atoms with Gasteiger partial charge in [0.2, 0.25) is 0 Å². The first-order chi connectivity index (χ1) is 12.1. The Labute approximate surface area is 162 Å². The quantitative estimate of drug-likeness (QED) is 0.617. The number of nitrogens with zero attached hydrogens (tertiary/aromatic N) is 1. The second-order valence-corrected chi connectivity index (χ2v) is 14.1. The first kappa shape index (κ1) is 21.2. The highest BCUT2D eigenvalue weighted by atomic mass is 32.1. The van der Waals surface area contributed by atoms with Gasteiger partial charge in [0.1, 0.15) is 5.01 Å². The molecule has 6 heteroatoms. The highest BCUT2D eigenvalue weighted by Crippen LogP contribution is 2.40. The summed E-state index contributed by atoms with van der Waals surface area (Å²) in [6, 6.07) is 9.72. The van der Waals surface area contributed by atoms with Crippen molar-refractivity contribution >= 4 is 19.7 Å². The van der Waals surface area contributed by atoms with E-state index in [0.717, 1.165) is 15.4 Å². The highest BCUT2D eigenvalue weighted by Gasteiger charge is 2.39. The SMILES string of the molecule is C[C@@H](O[Si](C)(C)C(C)(C)C)c1ncc(CNC[C@H](O)c2ccccc2)s1. The molecule has 1 aromatic heterocycles. The van der Waals surface area contributed by atoms with Gasteiger partial charge in [-0.15, -0.1) is 11.3 Å². The van der Waals surface area contributed by atoms with Crippen LogP contribution in [0.3, 0.4) is 0 Å². The fourth-order valence-corrected chi connectivity index (χ4v) is 4.69. The Hall–Kier alpha value is -1.05. The molecule has 0 amide bonds. The molecule has 0 bridgehead atoms. The average molecular weight is 393 g/mol. The van der Waals surface area contributed by atoms with Crippen LogP contribution in [0.25, 0.3) is 0 Å². The monoisotopic (exact) mass is 392 g/mol. The van der Waals surface area contributed by atoms with Gasteiger partial charge in [0.15, 0.2) is 8.32 Å². The van der Waals surface area contributed by atoms with E-state index in [1.807, 2.05) is 36.5 Å². The molecule has 0 fully saturated rings. The molecule has 1 heterocycles. The zero-order valence-corrected chi connectivity index (χ0v) is 18.6. The Morgan fingerprint density at radius 2 is 1.88 bits per heavy atom. The lowest BCUT2D eigenvalue weighted by Gasteiger charge is -2.38. The number of aromatic nitrogens is 1. The Kier molecular flexibility index (Phi) is 7.16. The third-order valence-corrected chi connectivity index (χ3v) is 10.7. The molecule has 0 saturated heterocycles. The minimum atomic E-state index is -1.80. The molecule has 0 aliphatic carbocycles. The molecule has 0 saturated carbocycles. The molecule has 0 radical (unpaired) electrons. The van der Waals surface area contributed by atoms with Gasteiger partial charge in [0, 0.05) is 24.2 Å².